The highest BCUT2D eigenvalue weighted by Gasteiger charge is 2.57. The average molecular weight is 285 g/mol. The van der Waals surface area contributed by atoms with Crippen molar-refractivity contribution in [2.45, 2.75) is 76.7 Å². The molecule has 0 N–H and O–H groups in total. The molecule has 0 amide bonds. The molecule has 2 saturated carbocycles. The van der Waals surface area contributed by atoms with Crippen LogP contribution in [-0.2, 0) is 0 Å². The van der Waals surface area contributed by atoms with E-state index in [0.717, 1.165) is 45.2 Å². The minimum Gasteiger partial charge on any atom is -0.292 e. The fourth-order valence-corrected chi connectivity index (χ4v) is 4.87. The van der Waals surface area contributed by atoms with Crippen molar-refractivity contribution in [3.63, 3.8) is 0 Å². The zero-order valence-corrected chi connectivity index (χ0v) is 13.0. The Labute approximate surface area is 122 Å². The first-order valence-corrected chi connectivity index (χ1v) is 8.56. The molecule has 1 nitrogen and oxygen atoms in total. The van der Waals surface area contributed by atoms with Crippen LogP contribution in [0.15, 0.2) is 0 Å². The second kappa shape index (κ2) is 5.23. The number of likely N-dealkylation sites (tertiary alicyclic amines) is 1. The minimum absolute atomic E-state index is 0.397. The molecule has 3 aliphatic rings. The van der Waals surface area contributed by atoms with Gasteiger partial charge in [0.05, 0.1) is 5.54 Å². The molecule has 1 saturated heterocycles. The Morgan fingerprint density at radius 2 is 1.35 bits per heavy atom. The van der Waals surface area contributed by atoms with Crippen LogP contribution in [0.3, 0.4) is 0 Å². The van der Waals surface area contributed by atoms with Gasteiger partial charge in [-0.25, -0.2) is 8.78 Å². The fourth-order valence-electron chi connectivity index (χ4n) is 4.87. The summed E-state index contributed by atoms with van der Waals surface area (Å²) in [5.74, 6) is -1.56. The summed E-state index contributed by atoms with van der Waals surface area (Å²) in [5.41, 5.74) is -0.973. The highest BCUT2D eigenvalue weighted by atomic mass is 19.3. The summed E-state index contributed by atoms with van der Waals surface area (Å²) in [7, 11) is 0. The second-order valence-electron chi connectivity index (χ2n) is 7.87. The van der Waals surface area contributed by atoms with Crippen LogP contribution >= 0.6 is 0 Å². The Hall–Kier alpha value is -0.180. The van der Waals surface area contributed by atoms with Gasteiger partial charge in [-0.15, -0.1) is 0 Å². The van der Waals surface area contributed by atoms with Crippen LogP contribution in [0.5, 0.6) is 0 Å². The van der Waals surface area contributed by atoms with E-state index in [9.17, 15) is 0 Å². The molecule has 1 heterocycles. The molecule has 116 valence electrons. The summed E-state index contributed by atoms with van der Waals surface area (Å²) in [4.78, 5) is 2.12. The summed E-state index contributed by atoms with van der Waals surface area (Å²) in [6.07, 6.45) is 8.37. The zero-order valence-electron chi connectivity index (χ0n) is 13.0. The van der Waals surface area contributed by atoms with Crippen molar-refractivity contribution in [1.82, 2.24) is 4.90 Å². The maximum absolute atomic E-state index is 15.1. The van der Waals surface area contributed by atoms with Crippen LogP contribution < -0.4 is 0 Å². The van der Waals surface area contributed by atoms with E-state index >= 15 is 8.78 Å². The Bertz CT molecular complexity index is 335. The van der Waals surface area contributed by atoms with Gasteiger partial charge in [-0.3, -0.25) is 4.90 Å². The standard InChI is InChI=1S/C17H29F2N/c1-16(2,17(18,19)15-9-4-3-5-10-15)20-11-13-7-6-8-14(13)12-20/h13-15H,3-12H2,1-2H3. The van der Waals surface area contributed by atoms with E-state index in [-0.39, 0.29) is 0 Å². The number of nitrogens with zero attached hydrogens (tertiary/aromatic N) is 1. The smallest absolute Gasteiger partial charge is 0.268 e. The van der Waals surface area contributed by atoms with Gasteiger partial charge in [0.15, 0.2) is 0 Å². The molecule has 2 aliphatic carbocycles. The molecule has 3 fully saturated rings. The van der Waals surface area contributed by atoms with Crippen LogP contribution in [-0.4, -0.2) is 29.5 Å². The summed E-state index contributed by atoms with van der Waals surface area (Å²) in [6, 6.07) is 0. The van der Waals surface area contributed by atoms with E-state index in [4.69, 9.17) is 0 Å². The lowest BCUT2D eigenvalue weighted by molar-refractivity contribution is -0.170. The Kier molecular flexibility index (Phi) is 3.85. The Morgan fingerprint density at radius 1 is 0.800 bits per heavy atom. The third kappa shape index (κ3) is 2.30. The maximum atomic E-state index is 15.1. The molecule has 0 bridgehead atoms. The summed E-state index contributed by atoms with van der Waals surface area (Å²) >= 11 is 0. The monoisotopic (exact) mass is 285 g/mol. The molecule has 0 aromatic rings. The van der Waals surface area contributed by atoms with Gasteiger partial charge in [-0.1, -0.05) is 25.7 Å². The lowest BCUT2D eigenvalue weighted by atomic mass is 9.76. The highest BCUT2D eigenvalue weighted by molar-refractivity contribution is 5.03. The van der Waals surface area contributed by atoms with Crippen molar-refractivity contribution in [3.05, 3.63) is 0 Å². The highest BCUT2D eigenvalue weighted by Crippen LogP contribution is 2.49. The molecule has 3 rings (SSSR count). The molecule has 0 radical (unpaired) electrons. The van der Waals surface area contributed by atoms with Crippen LogP contribution in [0.1, 0.15) is 65.2 Å². The largest absolute Gasteiger partial charge is 0.292 e. The first kappa shape index (κ1) is 14.7. The third-order valence-corrected chi connectivity index (χ3v) is 6.45. The van der Waals surface area contributed by atoms with E-state index in [1.165, 1.54) is 19.3 Å². The van der Waals surface area contributed by atoms with E-state index < -0.39 is 17.4 Å². The van der Waals surface area contributed by atoms with Crippen LogP contribution in [0.4, 0.5) is 8.78 Å². The normalized spacial score (nSPS) is 33.6. The van der Waals surface area contributed by atoms with Gasteiger partial charge in [0.1, 0.15) is 0 Å². The number of hydrogen-bond donors (Lipinski definition) is 0. The van der Waals surface area contributed by atoms with E-state index in [2.05, 4.69) is 4.90 Å². The minimum atomic E-state index is -2.55. The van der Waals surface area contributed by atoms with Crippen molar-refractivity contribution in [1.29, 1.82) is 0 Å². The topological polar surface area (TPSA) is 3.24 Å². The maximum Gasteiger partial charge on any atom is 0.268 e. The predicted molar refractivity (Wildman–Crippen MR) is 78.0 cm³/mol. The van der Waals surface area contributed by atoms with Gasteiger partial charge in [0, 0.05) is 19.0 Å². The number of fused-ring (bicyclic) bond motifs is 1. The van der Waals surface area contributed by atoms with Gasteiger partial charge in [-0.05, 0) is 51.4 Å². The molecular formula is C17H29F2N. The van der Waals surface area contributed by atoms with Gasteiger partial charge in [0.25, 0.3) is 5.92 Å². The van der Waals surface area contributed by atoms with Gasteiger partial charge < -0.3 is 0 Å². The van der Waals surface area contributed by atoms with E-state index in [1.54, 1.807) is 13.8 Å². The summed E-state index contributed by atoms with van der Waals surface area (Å²) < 4.78 is 30.1. The second-order valence-corrected chi connectivity index (χ2v) is 7.87. The number of alkyl halides is 2. The van der Waals surface area contributed by atoms with Crippen molar-refractivity contribution < 1.29 is 8.78 Å². The molecular weight excluding hydrogens is 256 g/mol. The van der Waals surface area contributed by atoms with Crippen molar-refractivity contribution in [3.8, 4) is 0 Å². The van der Waals surface area contributed by atoms with Crippen LogP contribution in [0.2, 0.25) is 0 Å². The first-order valence-electron chi connectivity index (χ1n) is 8.56. The number of halogens is 2. The van der Waals surface area contributed by atoms with Gasteiger partial charge >= 0.3 is 0 Å². The van der Waals surface area contributed by atoms with Crippen molar-refractivity contribution in [2.75, 3.05) is 13.1 Å². The fraction of sp³-hybridized carbons (Fsp3) is 1.00. The van der Waals surface area contributed by atoms with Gasteiger partial charge in [-0.2, -0.15) is 0 Å². The molecule has 1 aliphatic heterocycles. The van der Waals surface area contributed by atoms with E-state index in [0.29, 0.717) is 11.8 Å². The Balaban J connectivity index is 1.72. The predicted octanol–water partition coefficient (Wildman–Crippen LogP) is 4.71. The van der Waals surface area contributed by atoms with E-state index in [1.807, 2.05) is 0 Å². The molecule has 0 spiro atoms. The number of rotatable bonds is 3. The van der Waals surface area contributed by atoms with Crippen LogP contribution in [0, 0.1) is 17.8 Å². The lowest BCUT2D eigenvalue weighted by Crippen LogP contribution is -2.59. The molecule has 3 heteroatoms. The molecule has 0 aromatic carbocycles. The Morgan fingerprint density at radius 3 is 1.90 bits per heavy atom. The molecule has 0 aromatic heterocycles. The summed E-state index contributed by atoms with van der Waals surface area (Å²) in [5, 5.41) is 0. The third-order valence-electron chi connectivity index (χ3n) is 6.45. The van der Waals surface area contributed by atoms with Crippen molar-refractivity contribution in [2.24, 2.45) is 17.8 Å². The number of hydrogen-bond acceptors (Lipinski definition) is 1. The van der Waals surface area contributed by atoms with Gasteiger partial charge in [0.2, 0.25) is 0 Å². The lowest BCUT2D eigenvalue weighted by Gasteiger charge is -2.46. The summed E-state index contributed by atoms with van der Waals surface area (Å²) in [6.45, 7) is 5.39. The zero-order chi connectivity index (χ0) is 14.4. The van der Waals surface area contributed by atoms with Crippen LogP contribution in [0.25, 0.3) is 0 Å². The average Bonchev–Trinajstić information content (AvgIpc) is 3.00. The molecule has 20 heavy (non-hydrogen) atoms. The quantitative estimate of drug-likeness (QED) is 0.725. The first-order chi connectivity index (χ1) is 9.43. The van der Waals surface area contributed by atoms with Crippen molar-refractivity contribution >= 4 is 0 Å². The SMILES string of the molecule is CC(C)(N1CC2CCCC2C1)C(F)(F)C1CCCCC1. The molecule has 2 unspecified atom stereocenters. The molecule has 2 atom stereocenters.